The van der Waals surface area contributed by atoms with Crippen LogP contribution in [0.5, 0.6) is 0 Å². The Bertz CT molecular complexity index is 75.7. The third-order valence-electron chi connectivity index (χ3n) is 0.524. The van der Waals surface area contributed by atoms with Crippen molar-refractivity contribution in [3.63, 3.8) is 0 Å². The van der Waals surface area contributed by atoms with Gasteiger partial charge in [0.05, 0.1) is 6.04 Å². The molecule has 0 aliphatic carbocycles. The van der Waals surface area contributed by atoms with Crippen LogP contribution in [-0.2, 0) is 4.79 Å². The molecule has 0 saturated carbocycles. The van der Waals surface area contributed by atoms with Crippen molar-refractivity contribution in [2.45, 2.75) is 13.0 Å². The number of nitrogens with one attached hydrogen (secondary N) is 1. The van der Waals surface area contributed by atoms with E-state index in [9.17, 15) is 4.79 Å². The summed E-state index contributed by atoms with van der Waals surface area (Å²) in [6.45, 7) is 1.48. The number of hydroxylamine groups is 1. The lowest BCUT2D eigenvalue weighted by Crippen LogP contribution is -2.36. The molecule has 0 fully saturated rings. The van der Waals surface area contributed by atoms with Crippen LogP contribution in [-0.4, -0.2) is 17.2 Å². The molecule has 0 aromatic rings. The minimum atomic E-state index is -0.634. The van der Waals surface area contributed by atoms with E-state index < -0.39 is 11.9 Å². The van der Waals surface area contributed by atoms with Gasteiger partial charge in [0.15, 0.2) is 0 Å². The molecular weight excluding hydrogens is 131 g/mol. The molecule has 50 valence electrons. The molecule has 0 aliphatic heterocycles. The fourth-order valence-electron chi connectivity index (χ4n) is 0.102. The molecule has 0 aromatic heterocycles. The summed E-state index contributed by atoms with van der Waals surface area (Å²) in [4.78, 5) is 10.0. The number of hydrogen-bond acceptors (Lipinski definition) is 3. The average molecular weight is 141 g/mol. The zero-order valence-corrected chi connectivity index (χ0v) is 5.23. The summed E-state index contributed by atoms with van der Waals surface area (Å²) in [5, 5.41) is 7.83. The van der Waals surface area contributed by atoms with E-state index in [0.29, 0.717) is 0 Å². The highest BCUT2D eigenvalue weighted by molar-refractivity contribution is 5.85. The molecule has 0 radical (unpaired) electrons. The largest absolute Gasteiger partial charge is 0.320 e. The predicted octanol–water partition coefficient (Wildman–Crippen LogP) is -0.739. The molecule has 4 N–H and O–H groups in total. The molecule has 1 unspecified atom stereocenters. The highest BCUT2D eigenvalue weighted by Crippen LogP contribution is 1.68. The summed E-state index contributed by atoms with van der Waals surface area (Å²) in [5.41, 5.74) is 6.37. The highest BCUT2D eigenvalue weighted by atomic mass is 35.5. The zero-order valence-electron chi connectivity index (χ0n) is 4.42. The summed E-state index contributed by atoms with van der Waals surface area (Å²) < 4.78 is 0. The lowest BCUT2D eigenvalue weighted by atomic mass is 10.4. The molecule has 1 amide bonds. The maximum Gasteiger partial charge on any atom is 0.259 e. The number of carbonyl (C=O) groups excluding carboxylic acids is 1. The third kappa shape index (κ3) is 3.86. The van der Waals surface area contributed by atoms with Gasteiger partial charge in [0, 0.05) is 0 Å². The van der Waals surface area contributed by atoms with Gasteiger partial charge in [-0.05, 0) is 6.92 Å². The maximum absolute atomic E-state index is 10.0. The minimum absolute atomic E-state index is 0. The maximum atomic E-state index is 10.0. The van der Waals surface area contributed by atoms with Crippen LogP contribution >= 0.6 is 12.4 Å². The van der Waals surface area contributed by atoms with E-state index in [1.54, 1.807) is 0 Å². The van der Waals surface area contributed by atoms with Crippen molar-refractivity contribution in [2.24, 2.45) is 5.73 Å². The van der Waals surface area contributed by atoms with Crippen molar-refractivity contribution in [2.75, 3.05) is 0 Å². The Morgan fingerprint density at radius 1 is 1.88 bits per heavy atom. The monoisotopic (exact) mass is 140 g/mol. The summed E-state index contributed by atoms with van der Waals surface area (Å²) in [6.07, 6.45) is 0. The van der Waals surface area contributed by atoms with Gasteiger partial charge in [-0.25, -0.2) is 5.48 Å². The third-order valence-corrected chi connectivity index (χ3v) is 0.524. The Labute approximate surface area is 53.4 Å². The van der Waals surface area contributed by atoms with Crippen molar-refractivity contribution in [1.29, 1.82) is 0 Å². The molecule has 0 aromatic carbocycles. The molecular formula is C3H9ClN2O2. The van der Waals surface area contributed by atoms with Gasteiger partial charge >= 0.3 is 0 Å². The van der Waals surface area contributed by atoms with Crippen LogP contribution in [0.15, 0.2) is 0 Å². The Kier molecular flexibility index (Phi) is 6.41. The Morgan fingerprint density at radius 2 is 2.25 bits per heavy atom. The highest BCUT2D eigenvalue weighted by Gasteiger charge is 2.02. The normalized spacial score (nSPS) is 11.4. The molecule has 4 nitrogen and oxygen atoms in total. The average Bonchev–Trinajstić information content (AvgIpc) is 1.65. The van der Waals surface area contributed by atoms with Gasteiger partial charge in [0.1, 0.15) is 0 Å². The first-order valence-electron chi connectivity index (χ1n) is 1.88. The van der Waals surface area contributed by atoms with Gasteiger partial charge in [0.25, 0.3) is 5.91 Å². The summed E-state index contributed by atoms with van der Waals surface area (Å²) in [7, 11) is 0. The number of hydrogen-bond donors (Lipinski definition) is 3. The lowest BCUT2D eigenvalue weighted by molar-refractivity contribution is -0.130. The number of amides is 1. The van der Waals surface area contributed by atoms with Crippen molar-refractivity contribution >= 4 is 18.3 Å². The Morgan fingerprint density at radius 3 is 2.25 bits per heavy atom. The van der Waals surface area contributed by atoms with Crippen LogP contribution in [0.3, 0.4) is 0 Å². The van der Waals surface area contributed by atoms with Crippen molar-refractivity contribution in [3.8, 4) is 0 Å². The summed E-state index contributed by atoms with van der Waals surface area (Å²) in [6, 6.07) is -0.634. The van der Waals surface area contributed by atoms with E-state index in [4.69, 9.17) is 10.9 Å². The molecule has 0 heterocycles. The van der Waals surface area contributed by atoms with Crippen LogP contribution in [0.1, 0.15) is 6.92 Å². The van der Waals surface area contributed by atoms with E-state index in [1.165, 1.54) is 12.4 Å². The van der Waals surface area contributed by atoms with Crippen LogP contribution in [0.25, 0.3) is 0 Å². The molecule has 1 atom stereocenters. The fourth-order valence-corrected chi connectivity index (χ4v) is 0.102. The molecule has 0 spiro atoms. The van der Waals surface area contributed by atoms with Crippen LogP contribution in [0.2, 0.25) is 0 Å². The number of halogens is 1. The summed E-state index contributed by atoms with van der Waals surface area (Å²) >= 11 is 0. The quantitative estimate of drug-likeness (QED) is 0.332. The fraction of sp³-hybridized carbons (Fsp3) is 0.667. The molecule has 0 aliphatic rings. The molecule has 0 rings (SSSR count). The van der Waals surface area contributed by atoms with Gasteiger partial charge in [-0.15, -0.1) is 12.4 Å². The van der Waals surface area contributed by atoms with Gasteiger partial charge in [-0.2, -0.15) is 0 Å². The zero-order chi connectivity index (χ0) is 5.86. The summed E-state index contributed by atoms with van der Waals surface area (Å²) in [5.74, 6) is -0.569. The molecule has 5 heteroatoms. The van der Waals surface area contributed by atoms with Gasteiger partial charge in [0.2, 0.25) is 0 Å². The van der Waals surface area contributed by atoms with Gasteiger partial charge in [-0.1, -0.05) is 0 Å². The van der Waals surface area contributed by atoms with E-state index in [-0.39, 0.29) is 12.4 Å². The van der Waals surface area contributed by atoms with Crippen molar-refractivity contribution < 1.29 is 10.0 Å². The Balaban J connectivity index is 0. The van der Waals surface area contributed by atoms with Crippen LogP contribution in [0, 0.1) is 0 Å². The second kappa shape index (κ2) is 4.83. The van der Waals surface area contributed by atoms with E-state index in [1.807, 2.05) is 0 Å². The number of nitrogens with two attached hydrogens (primary N) is 1. The Hall–Kier alpha value is -0.320. The van der Waals surface area contributed by atoms with Crippen molar-refractivity contribution in [3.05, 3.63) is 0 Å². The smallest absolute Gasteiger partial charge is 0.259 e. The van der Waals surface area contributed by atoms with Crippen LogP contribution < -0.4 is 11.2 Å². The predicted molar refractivity (Wildman–Crippen MR) is 30.8 cm³/mol. The standard InChI is InChI=1S/C3H8N2O2.ClH/c1-2(4)3(6)5-7;/h2,7H,4H2,1H3,(H,5,6);1H. The molecule has 0 saturated heterocycles. The molecule has 0 bridgehead atoms. The first-order chi connectivity index (χ1) is 3.18. The number of carbonyl (C=O) groups is 1. The SMILES string of the molecule is CC(N)C(=O)NO.Cl. The van der Waals surface area contributed by atoms with Crippen LogP contribution in [0.4, 0.5) is 0 Å². The minimum Gasteiger partial charge on any atom is -0.320 e. The second-order valence-electron chi connectivity index (χ2n) is 1.26. The van der Waals surface area contributed by atoms with E-state index >= 15 is 0 Å². The molecule has 8 heavy (non-hydrogen) atoms. The topological polar surface area (TPSA) is 75.4 Å². The second-order valence-corrected chi connectivity index (χ2v) is 1.26. The first kappa shape index (κ1) is 10.6. The van der Waals surface area contributed by atoms with Crippen molar-refractivity contribution in [1.82, 2.24) is 5.48 Å². The van der Waals surface area contributed by atoms with Gasteiger partial charge in [-0.3, -0.25) is 10.0 Å². The number of rotatable bonds is 1. The first-order valence-corrected chi connectivity index (χ1v) is 1.88. The van der Waals surface area contributed by atoms with Gasteiger partial charge < -0.3 is 5.73 Å². The van der Waals surface area contributed by atoms with E-state index in [0.717, 1.165) is 0 Å². The van der Waals surface area contributed by atoms with E-state index in [2.05, 4.69) is 0 Å². The lowest BCUT2D eigenvalue weighted by Gasteiger charge is -1.97.